The van der Waals surface area contributed by atoms with Crippen molar-refractivity contribution in [3.63, 3.8) is 0 Å². The van der Waals surface area contributed by atoms with Crippen molar-refractivity contribution < 1.29 is 14.0 Å². The van der Waals surface area contributed by atoms with Crippen LogP contribution < -0.4 is 0 Å². The van der Waals surface area contributed by atoms with Crippen LogP contribution >= 0.6 is 11.3 Å². The Balaban J connectivity index is 1.39. The quantitative estimate of drug-likeness (QED) is 0.282. The van der Waals surface area contributed by atoms with E-state index in [0.717, 1.165) is 21.0 Å². The second-order valence-electron chi connectivity index (χ2n) is 7.04. The minimum Gasteiger partial charge on any atom is -0.437 e. The number of aromatic nitrogens is 2. The molecule has 6 rings (SSSR count). The van der Waals surface area contributed by atoms with Crippen LogP contribution in [0.2, 0.25) is 0 Å². The summed E-state index contributed by atoms with van der Waals surface area (Å²) in [6, 6.07) is 16.9. The smallest absolute Gasteiger partial charge is 0.238 e. The minimum atomic E-state index is -0.261. The summed E-state index contributed by atoms with van der Waals surface area (Å²) in [7, 11) is 0. The van der Waals surface area contributed by atoms with Gasteiger partial charge in [0.15, 0.2) is 11.6 Å². The van der Waals surface area contributed by atoms with Crippen LogP contribution in [0.3, 0.4) is 0 Å². The Labute approximate surface area is 174 Å². The number of carbonyl (C=O) groups is 2. The van der Waals surface area contributed by atoms with E-state index >= 15 is 0 Å². The molecule has 6 heteroatoms. The topological polar surface area (TPSA) is 73.1 Å². The number of pyridine rings is 1. The van der Waals surface area contributed by atoms with Gasteiger partial charge in [0.2, 0.25) is 5.71 Å². The molecule has 0 unspecified atom stereocenters. The summed E-state index contributed by atoms with van der Waals surface area (Å²) >= 11 is 1.38. The maximum absolute atomic E-state index is 12.9. The monoisotopic (exact) mass is 408 g/mol. The number of allylic oxidation sites excluding steroid dienone is 1. The predicted octanol–water partition coefficient (Wildman–Crippen LogP) is 5.57. The third kappa shape index (κ3) is 2.54. The van der Waals surface area contributed by atoms with E-state index in [2.05, 4.69) is 9.97 Å². The van der Waals surface area contributed by atoms with Gasteiger partial charge in [-0.15, -0.1) is 11.3 Å². The number of carbonyl (C=O) groups excluding carboxylic acids is 2. The third-order valence-electron chi connectivity index (χ3n) is 5.18. The molecule has 2 aromatic carbocycles. The van der Waals surface area contributed by atoms with Crippen molar-refractivity contribution in [3.05, 3.63) is 88.7 Å². The van der Waals surface area contributed by atoms with Crippen LogP contribution in [0.1, 0.15) is 25.7 Å². The van der Waals surface area contributed by atoms with Gasteiger partial charge in [-0.1, -0.05) is 24.3 Å². The van der Waals surface area contributed by atoms with Gasteiger partial charge in [0.25, 0.3) is 0 Å². The molecule has 0 amide bonds. The van der Waals surface area contributed by atoms with Gasteiger partial charge in [-0.05, 0) is 41.1 Å². The molecule has 0 bridgehead atoms. The lowest BCUT2D eigenvalue weighted by molar-refractivity contribution is 0.0990. The number of Topliss-reactive ketones (excluding diaryl/α,β-unsaturated/α-hetero) is 2. The number of furan rings is 1. The lowest BCUT2D eigenvalue weighted by Crippen LogP contribution is -2.00. The fourth-order valence-corrected chi connectivity index (χ4v) is 4.60. The highest BCUT2D eigenvalue weighted by molar-refractivity contribution is 7.19. The van der Waals surface area contributed by atoms with Gasteiger partial charge in [0, 0.05) is 35.2 Å². The van der Waals surface area contributed by atoms with Crippen LogP contribution in [-0.2, 0) is 0 Å². The van der Waals surface area contributed by atoms with Crippen molar-refractivity contribution >= 4 is 50.2 Å². The second-order valence-corrected chi connectivity index (χ2v) is 8.10. The standard InChI is InChI=1S/C24H12N2O3S/c27-22-16-8-13-4-1-2-5-14(13)9-17(16)23(28)18(22)10-21-26-24-20(30-21)11-19(29-24)15-6-3-7-25-12-15/h1-12H. The highest BCUT2D eigenvalue weighted by Crippen LogP contribution is 2.35. The van der Waals surface area contributed by atoms with Crippen molar-refractivity contribution in [2.75, 3.05) is 0 Å². The zero-order chi connectivity index (χ0) is 20.2. The summed E-state index contributed by atoms with van der Waals surface area (Å²) in [5, 5.41) is 2.44. The lowest BCUT2D eigenvalue weighted by Gasteiger charge is -2.00. The molecule has 0 fully saturated rings. The van der Waals surface area contributed by atoms with Gasteiger partial charge in [-0.2, -0.15) is 0 Å². The number of ketones is 2. The Bertz CT molecular complexity index is 1440. The van der Waals surface area contributed by atoms with E-state index in [9.17, 15) is 9.59 Å². The van der Waals surface area contributed by atoms with E-state index in [0.29, 0.717) is 27.6 Å². The lowest BCUT2D eigenvalue weighted by atomic mass is 10.0. The summed E-state index contributed by atoms with van der Waals surface area (Å²) in [4.78, 5) is 34.4. The Kier molecular flexibility index (Phi) is 3.57. The Morgan fingerprint density at radius 2 is 1.63 bits per heavy atom. The fraction of sp³-hybridized carbons (Fsp3) is 0. The van der Waals surface area contributed by atoms with Gasteiger partial charge in [0.1, 0.15) is 10.8 Å². The minimum absolute atomic E-state index is 0.143. The molecule has 0 aliphatic heterocycles. The molecular formula is C24H12N2O3S. The van der Waals surface area contributed by atoms with Gasteiger partial charge in [-0.3, -0.25) is 14.6 Å². The zero-order valence-corrected chi connectivity index (χ0v) is 16.3. The summed E-state index contributed by atoms with van der Waals surface area (Å²) in [6.45, 7) is 0. The van der Waals surface area contributed by atoms with E-state index in [1.807, 2.05) is 42.5 Å². The Morgan fingerprint density at radius 1 is 0.900 bits per heavy atom. The Hall–Kier alpha value is -3.90. The maximum Gasteiger partial charge on any atom is 0.238 e. The molecule has 142 valence electrons. The summed E-state index contributed by atoms with van der Waals surface area (Å²) in [6.07, 6.45) is 5.00. The third-order valence-corrected chi connectivity index (χ3v) is 6.11. The van der Waals surface area contributed by atoms with E-state index in [1.54, 1.807) is 30.6 Å². The molecular weight excluding hydrogens is 396 g/mol. The van der Waals surface area contributed by atoms with E-state index in [1.165, 1.54) is 11.3 Å². The Morgan fingerprint density at radius 3 is 2.27 bits per heavy atom. The van der Waals surface area contributed by atoms with Crippen molar-refractivity contribution in [2.45, 2.75) is 0 Å². The predicted molar refractivity (Wildman–Crippen MR) is 116 cm³/mol. The number of thiazole rings is 1. The molecule has 30 heavy (non-hydrogen) atoms. The number of rotatable bonds is 2. The first-order valence-corrected chi connectivity index (χ1v) is 10.1. The maximum atomic E-state index is 12.9. The van der Waals surface area contributed by atoms with Gasteiger partial charge < -0.3 is 4.42 Å². The molecule has 3 aromatic heterocycles. The second kappa shape index (κ2) is 6.30. The van der Waals surface area contributed by atoms with Crippen LogP contribution in [0.4, 0.5) is 0 Å². The van der Waals surface area contributed by atoms with Crippen molar-refractivity contribution in [2.24, 2.45) is 0 Å². The van der Waals surface area contributed by atoms with E-state index in [4.69, 9.17) is 4.42 Å². The van der Waals surface area contributed by atoms with Gasteiger partial charge in [0.05, 0.1) is 10.3 Å². The molecule has 0 spiro atoms. The SMILES string of the molecule is O=C1C(=Cc2nc3oc(-c4cccnc4)cc3s2)C(=O)c2cc3ccccc3cc21. The summed E-state index contributed by atoms with van der Waals surface area (Å²) < 4.78 is 6.68. The van der Waals surface area contributed by atoms with E-state index in [-0.39, 0.29) is 17.1 Å². The summed E-state index contributed by atoms with van der Waals surface area (Å²) in [5.74, 6) is 0.162. The summed E-state index contributed by atoms with van der Waals surface area (Å²) in [5.41, 5.74) is 2.38. The molecule has 1 aliphatic rings. The fourth-order valence-electron chi connectivity index (χ4n) is 3.73. The van der Waals surface area contributed by atoms with Gasteiger partial charge in [-0.25, -0.2) is 4.98 Å². The number of nitrogens with zero attached hydrogens (tertiary/aromatic N) is 2. The molecule has 0 saturated heterocycles. The average molecular weight is 408 g/mol. The molecule has 0 atom stereocenters. The zero-order valence-electron chi connectivity index (χ0n) is 15.5. The molecule has 0 radical (unpaired) electrons. The number of hydrogen-bond donors (Lipinski definition) is 0. The largest absolute Gasteiger partial charge is 0.437 e. The first kappa shape index (κ1) is 17.0. The number of hydrogen-bond acceptors (Lipinski definition) is 6. The average Bonchev–Trinajstić information content (AvgIpc) is 3.41. The highest BCUT2D eigenvalue weighted by atomic mass is 32.1. The van der Waals surface area contributed by atoms with Crippen LogP contribution in [0.25, 0.3) is 38.6 Å². The van der Waals surface area contributed by atoms with Crippen LogP contribution in [0.15, 0.2) is 77.0 Å². The van der Waals surface area contributed by atoms with Crippen molar-refractivity contribution in [3.8, 4) is 11.3 Å². The normalized spacial score (nSPS) is 13.4. The van der Waals surface area contributed by atoms with E-state index < -0.39 is 0 Å². The van der Waals surface area contributed by atoms with Gasteiger partial charge >= 0.3 is 0 Å². The molecule has 5 nitrogen and oxygen atoms in total. The highest BCUT2D eigenvalue weighted by Gasteiger charge is 2.33. The molecule has 3 heterocycles. The molecule has 0 N–H and O–H groups in total. The van der Waals surface area contributed by atoms with Crippen LogP contribution in [-0.4, -0.2) is 21.5 Å². The molecule has 0 saturated carbocycles. The van der Waals surface area contributed by atoms with Crippen molar-refractivity contribution in [1.82, 2.24) is 9.97 Å². The number of fused-ring (bicyclic) bond motifs is 3. The first-order valence-electron chi connectivity index (χ1n) is 9.32. The van der Waals surface area contributed by atoms with Crippen LogP contribution in [0.5, 0.6) is 0 Å². The van der Waals surface area contributed by atoms with Crippen molar-refractivity contribution in [1.29, 1.82) is 0 Å². The number of benzene rings is 2. The first-order chi connectivity index (χ1) is 14.7. The molecule has 1 aliphatic carbocycles. The molecule has 5 aromatic rings. The van der Waals surface area contributed by atoms with Crippen LogP contribution in [0, 0.1) is 0 Å².